The molecule has 0 aromatic heterocycles. The highest BCUT2D eigenvalue weighted by atomic mass is 16.5. The van der Waals surface area contributed by atoms with E-state index in [9.17, 15) is 9.90 Å². The number of carbonyl (C=O) groups is 1. The summed E-state index contributed by atoms with van der Waals surface area (Å²) in [5.41, 5.74) is -0.240. The van der Waals surface area contributed by atoms with E-state index in [0.29, 0.717) is 12.5 Å². The topological polar surface area (TPSA) is 46.5 Å². The Kier molecular flexibility index (Phi) is 5.58. The quantitative estimate of drug-likeness (QED) is 0.543. The molecule has 1 unspecified atom stereocenters. The lowest BCUT2D eigenvalue weighted by molar-refractivity contribution is -0.141. The molecule has 15 heavy (non-hydrogen) atoms. The minimum absolute atomic E-state index is 0.0848. The van der Waals surface area contributed by atoms with Crippen LogP contribution in [0, 0.1) is 17.3 Å². The fraction of sp³-hybridized carbons (Fsp3) is 0.750. The van der Waals surface area contributed by atoms with Crippen LogP contribution in [0.3, 0.4) is 0 Å². The van der Waals surface area contributed by atoms with E-state index in [2.05, 4.69) is 20.4 Å². The second-order valence-electron chi connectivity index (χ2n) is 4.83. The molecule has 0 bridgehead atoms. The number of rotatable bonds is 6. The van der Waals surface area contributed by atoms with Gasteiger partial charge in [0.25, 0.3) is 0 Å². The molecule has 0 saturated carbocycles. The Balaban J connectivity index is 4.42. The fourth-order valence-electron chi connectivity index (χ4n) is 1.67. The largest absolute Gasteiger partial charge is 0.462 e. The second kappa shape index (κ2) is 5.91. The maximum absolute atomic E-state index is 11.0. The van der Waals surface area contributed by atoms with E-state index >= 15 is 0 Å². The molecule has 0 aromatic carbocycles. The third kappa shape index (κ3) is 4.47. The summed E-state index contributed by atoms with van der Waals surface area (Å²) >= 11 is 0. The number of hydrogen-bond acceptors (Lipinski definition) is 3. The van der Waals surface area contributed by atoms with Crippen molar-refractivity contribution in [3.05, 3.63) is 12.7 Å². The van der Waals surface area contributed by atoms with Gasteiger partial charge < -0.3 is 9.84 Å². The normalized spacial score (nSPS) is 13.7. The lowest BCUT2D eigenvalue weighted by Crippen LogP contribution is -2.35. The molecule has 0 aliphatic carbocycles. The van der Waals surface area contributed by atoms with E-state index in [1.807, 2.05) is 13.8 Å². The van der Waals surface area contributed by atoms with Crippen LogP contribution in [0.25, 0.3) is 0 Å². The Labute approximate surface area is 92.1 Å². The molecule has 0 aliphatic rings. The average molecular weight is 214 g/mol. The van der Waals surface area contributed by atoms with Crippen LogP contribution in [0.15, 0.2) is 12.7 Å². The van der Waals surface area contributed by atoms with Gasteiger partial charge in [-0.25, -0.2) is 4.79 Å². The molecule has 0 heterocycles. The Morgan fingerprint density at radius 2 is 2.07 bits per heavy atom. The molecule has 0 fully saturated rings. The van der Waals surface area contributed by atoms with E-state index in [4.69, 9.17) is 4.74 Å². The monoisotopic (exact) mass is 214 g/mol. The van der Waals surface area contributed by atoms with Crippen LogP contribution in [0.1, 0.15) is 27.7 Å². The molecular formula is C12H22O3. The van der Waals surface area contributed by atoms with E-state index in [-0.39, 0.29) is 17.9 Å². The molecule has 1 atom stereocenters. The van der Waals surface area contributed by atoms with Gasteiger partial charge in [0.05, 0.1) is 6.61 Å². The molecule has 0 saturated heterocycles. The van der Waals surface area contributed by atoms with E-state index in [1.54, 1.807) is 0 Å². The maximum atomic E-state index is 11.0. The number of carbonyl (C=O) groups excluding carboxylic acids is 1. The first kappa shape index (κ1) is 14.2. The summed E-state index contributed by atoms with van der Waals surface area (Å²) < 4.78 is 5.03. The summed E-state index contributed by atoms with van der Waals surface area (Å²) in [5, 5.41) is 9.28. The van der Waals surface area contributed by atoms with Crippen LogP contribution in [-0.2, 0) is 9.53 Å². The highest BCUT2D eigenvalue weighted by molar-refractivity contribution is 5.81. The van der Waals surface area contributed by atoms with Gasteiger partial charge in [0.2, 0.25) is 0 Å². The lowest BCUT2D eigenvalue weighted by Gasteiger charge is -2.35. The Morgan fingerprint density at radius 1 is 1.53 bits per heavy atom. The molecule has 0 spiro atoms. The van der Waals surface area contributed by atoms with Crippen LogP contribution in [0.4, 0.5) is 0 Å². The zero-order chi connectivity index (χ0) is 12.1. The average Bonchev–Trinajstić information content (AvgIpc) is 2.16. The summed E-state index contributed by atoms with van der Waals surface area (Å²) in [4.78, 5) is 11.0. The van der Waals surface area contributed by atoms with Gasteiger partial charge >= 0.3 is 5.97 Å². The van der Waals surface area contributed by atoms with E-state index in [0.717, 1.165) is 6.08 Å². The van der Waals surface area contributed by atoms with Crippen LogP contribution < -0.4 is 0 Å². The summed E-state index contributed by atoms with van der Waals surface area (Å²) in [6, 6.07) is 0. The zero-order valence-corrected chi connectivity index (χ0v) is 10.1. The van der Waals surface area contributed by atoms with Gasteiger partial charge in [0.1, 0.15) is 0 Å². The molecule has 1 N–H and O–H groups in total. The summed E-state index contributed by atoms with van der Waals surface area (Å²) in [7, 11) is 0. The first-order valence-corrected chi connectivity index (χ1v) is 5.25. The SMILES string of the molecule is C=CC(=O)OCC(C(C)C)C(C)(C)CO. The fourth-order valence-corrected chi connectivity index (χ4v) is 1.67. The summed E-state index contributed by atoms with van der Waals surface area (Å²) in [5.74, 6) is 0.0885. The second-order valence-corrected chi connectivity index (χ2v) is 4.83. The highest BCUT2D eigenvalue weighted by Crippen LogP contribution is 2.32. The van der Waals surface area contributed by atoms with Crippen molar-refractivity contribution in [2.45, 2.75) is 27.7 Å². The van der Waals surface area contributed by atoms with Crippen molar-refractivity contribution in [1.82, 2.24) is 0 Å². The van der Waals surface area contributed by atoms with Gasteiger partial charge in [-0.2, -0.15) is 0 Å². The highest BCUT2D eigenvalue weighted by Gasteiger charge is 2.32. The van der Waals surface area contributed by atoms with Gasteiger partial charge in [0.15, 0.2) is 0 Å². The van der Waals surface area contributed by atoms with Crippen molar-refractivity contribution < 1.29 is 14.6 Å². The summed E-state index contributed by atoms with van der Waals surface area (Å²) in [6.07, 6.45) is 1.16. The van der Waals surface area contributed by atoms with Crippen molar-refractivity contribution in [2.75, 3.05) is 13.2 Å². The van der Waals surface area contributed by atoms with Gasteiger partial charge in [-0.05, 0) is 11.3 Å². The number of hydrogen-bond donors (Lipinski definition) is 1. The predicted molar refractivity (Wildman–Crippen MR) is 60.4 cm³/mol. The van der Waals surface area contributed by atoms with Gasteiger partial charge in [0, 0.05) is 18.6 Å². The van der Waals surface area contributed by atoms with Gasteiger partial charge in [-0.15, -0.1) is 0 Å². The molecular weight excluding hydrogens is 192 g/mol. The molecule has 3 nitrogen and oxygen atoms in total. The van der Waals surface area contributed by atoms with Crippen LogP contribution in [-0.4, -0.2) is 24.3 Å². The van der Waals surface area contributed by atoms with Crippen LogP contribution >= 0.6 is 0 Å². The van der Waals surface area contributed by atoms with Crippen molar-refractivity contribution in [2.24, 2.45) is 17.3 Å². The number of aliphatic hydroxyl groups excluding tert-OH is 1. The Morgan fingerprint density at radius 3 is 2.40 bits per heavy atom. The number of esters is 1. The third-order valence-electron chi connectivity index (χ3n) is 2.79. The van der Waals surface area contributed by atoms with Crippen LogP contribution in [0.2, 0.25) is 0 Å². The Bertz CT molecular complexity index is 219. The lowest BCUT2D eigenvalue weighted by atomic mass is 9.74. The van der Waals surface area contributed by atoms with E-state index < -0.39 is 5.97 Å². The minimum atomic E-state index is -0.408. The van der Waals surface area contributed by atoms with E-state index in [1.165, 1.54) is 0 Å². The molecule has 0 radical (unpaired) electrons. The first-order chi connectivity index (χ1) is 6.85. The number of aliphatic hydroxyl groups is 1. The minimum Gasteiger partial charge on any atom is -0.462 e. The maximum Gasteiger partial charge on any atom is 0.330 e. The first-order valence-electron chi connectivity index (χ1n) is 5.25. The standard InChI is InChI=1S/C12H22O3/c1-6-11(14)15-7-10(9(2)3)12(4,5)8-13/h6,9-10,13H,1,7-8H2,2-5H3. The van der Waals surface area contributed by atoms with Crippen molar-refractivity contribution in [1.29, 1.82) is 0 Å². The molecule has 0 aromatic rings. The van der Waals surface area contributed by atoms with Crippen molar-refractivity contribution in [3.8, 4) is 0 Å². The van der Waals surface area contributed by atoms with Gasteiger partial charge in [-0.1, -0.05) is 34.3 Å². The smallest absolute Gasteiger partial charge is 0.330 e. The van der Waals surface area contributed by atoms with Crippen molar-refractivity contribution in [3.63, 3.8) is 0 Å². The molecule has 0 rings (SSSR count). The molecule has 88 valence electrons. The van der Waals surface area contributed by atoms with Gasteiger partial charge in [-0.3, -0.25) is 0 Å². The predicted octanol–water partition coefficient (Wildman–Crippen LogP) is 2.01. The Hall–Kier alpha value is -0.830. The summed E-state index contributed by atoms with van der Waals surface area (Å²) in [6.45, 7) is 11.8. The molecule has 0 aliphatic heterocycles. The third-order valence-corrected chi connectivity index (χ3v) is 2.79. The van der Waals surface area contributed by atoms with Crippen LogP contribution in [0.5, 0.6) is 0 Å². The molecule has 0 amide bonds. The number of ether oxygens (including phenoxy) is 1. The van der Waals surface area contributed by atoms with Crippen molar-refractivity contribution >= 4 is 5.97 Å². The molecule has 3 heteroatoms. The zero-order valence-electron chi connectivity index (χ0n) is 10.1.